The lowest BCUT2D eigenvalue weighted by atomic mass is 10.0. The van der Waals surface area contributed by atoms with Crippen LogP contribution in [0.1, 0.15) is 42.2 Å². The number of pyridine rings is 2. The molecular formula is C23H28N6O3. The number of ether oxygens (including phenoxy) is 1. The van der Waals surface area contributed by atoms with Crippen molar-refractivity contribution in [2.75, 3.05) is 43.4 Å². The van der Waals surface area contributed by atoms with Gasteiger partial charge in [-0.25, -0.2) is 9.97 Å². The second-order valence-corrected chi connectivity index (χ2v) is 8.57. The molecule has 5 rings (SSSR count). The van der Waals surface area contributed by atoms with Crippen LogP contribution in [0.3, 0.4) is 0 Å². The number of piperazine rings is 1. The summed E-state index contributed by atoms with van der Waals surface area (Å²) in [7, 11) is 1.60. The van der Waals surface area contributed by atoms with Crippen LogP contribution >= 0.6 is 0 Å². The standard InChI is InChI=1S/C23H28N6O3/c1-3-19-21(31)27-18-12-15(13-26-22(18)32-19)23(6-7-23)29-10-8-28(9-11-29)16-4-5-17(25-14-16)20(30)24-2/h4-5,12-14,19H,3,6-11H2,1-2H3,(H,24,30)(H,27,31)/t19-/m1/s1. The molecule has 0 spiro atoms. The topological polar surface area (TPSA) is 99.7 Å². The molecule has 2 fully saturated rings. The second kappa shape index (κ2) is 8.05. The average molecular weight is 437 g/mol. The Morgan fingerprint density at radius 2 is 2.00 bits per heavy atom. The minimum atomic E-state index is -0.469. The summed E-state index contributed by atoms with van der Waals surface area (Å²) >= 11 is 0. The summed E-state index contributed by atoms with van der Waals surface area (Å²) in [4.78, 5) is 37.6. The zero-order valence-corrected chi connectivity index (χ0v) is 18.4. The minimum Gasteiger partial charge on any atom is -0.463 e. The van der Waals surface area contributed by atoms with Crippen molar-refractivity contribution in [1.82, 2.24) is 20.2 Å². The van der Waals surface area contributed by atoms with E-state index < -0.39 is 6.10 Å². The van der Waals surface area contributed by atoms with E-state index in [0.717, 1.165) is 50.3 Å². The highest BCUT2D eigenvalue weighted by Crippen LogP contribution is 2.52. The zero-order valence-electron chi connectivity index (χ0n) is 18.4. The number of carbonyl (C=O) groups is 2. The maximum absolute atomic E-state index is 12.2. The van der Waals surface area contributed by atoms with E-state index in [0.29, 0.717) is 23.7 Å². The highest BCUT2D eigenvalue weighted by molar-refractivity contribution is 5.97. The van der Waals surface area contributed by atoms with E-state index >= 15 is 0 Å². The van der Waals surface area contributed by atoms with Crippen LogP contribution in [0.2, 0.25) is 0 Å². The molecule has 0 bridgehead atoms. The van der Waals surface area contributed by atoms with Gasteiger partial charge in [0, 0.05) is 45.0 Å². The number of aromatic nitrogens is 2. The van der Waals surface area contributed by atoms with Crippen LogP contribution in [0, 0.1) is 0 Å². The third-order valence-electron chi connectivity index (χ3n) is 6.74. The van der Waals surface area contributed by atoms with Crippen molar-refractivity contribution in [2.24, 2.45) is 0 Å². The maximum atomic E-state index is 12.2. The van der Waals surface area contributed by atoms with Crippen molar-refractivity contribution in [3.05, 3.63) is 41.9 Å². The van der Waals surface area contributed by atoms with Gasteiger partial charge in [0.2, 0.25) is 5.88 Å². The van der Waals surface area contributed by atoms with Gasteiger partial charge in [-0.2, -0.15) is 0 Å². The van der Waals surface area contributed by atoms with E-state index in [1.165, 1.54) is 0 Å². The van der Waals surface area contributed by atoms with Crippen LogP contribution in [0.5, 0.6) is 5.88 Å². The van der Waals surface area contributed by atoms with Gasteiger partial charge in [-0.3, -0.25) is 14.5 Å². The fraction of sp³-hybridized carbons (Fsp3) is 0.478. The molecule has 1 saturated carbocycles. The van der Waals surface area contributed by atoms with Crippen molar-refractivity contribution < 1.29 is 14.3 Å². The Labute approximate surface area is 187 Å². The van der Waals surface area contributed by atoms with E-state index in [2.05, 4.69) is 30.4 Å². The third-order valence-corrected chi connectivity index (χ3v) is 6.74. The normalized spacial score (nSPS) is 21.9. The Morgan fingerprint density at radius 3 is 2.62 bits per heavy atom. The number of nitrogens with one attached hydrogen (secondary N) is 2. The first-order valence-electron chi connectivity index (χ1n) is 11.2. The molecule has 9 nitrogen and oxygen atoms in total. The average Bonchev–Trinajstić information content (AvgIpc) is 3.65. The van der Waals surface area contributed by atoms with E-state index in [-0.39, 0.29) is 17.4 Å². The lowest BCUT2D eigenvalue weighted by Crippen LogP contribution is -2.50. The predicted octanol–water partition coefficient (Wildman–Crippen LogP) is 1.76. The van der Waals surface area contributed by atoms with Gasteiger partial charge < -0.3 is 20.3 Å². The van der Waals surface area contributed by atoms with Crippen LogP contribution in [0.4, 0.5) is 11.4 Å². The lowest BCUT2D eigenvalue weighted by Gasteiger charge is -2.41. The van der Waals surface area contributed by atoms with Crippen molar-refractivity contribution in [3.8, 4) is 5.88 Å². The van der Waals surface area contributed by atoms with Gasteiger partial charge >= 0.3 is 0 Å². The maximum Gasteiger partial charge on any atom is 0.269 e. The van der Waals surface area contributed by atoms with Crippen molar-refractivity contribution in [2.45, 2.75) is 37.8 Å². The third kappa shape index (κ3) is 3.56. The van der Waals surface area contributed by atoms with Gasteiger partial charge in [0.1, 0.15) is 11.4 Å². The molecule has 0 aromatic carbocycles. The van der Waals surface area contributed by atoms with Gasteiger partial charge in [0.05, 0.1) is 11.9 Å². The van der Waals surface area contributed by atoms with E-state index in [1.807, 2.05) is 25.3 Å². The minimum absolute atomic E-state index is 0.0121. The molecule has 2 amide bonds. The van der Waals surface area contributed by atoms with Crippen molar-refractivity contribution >= 4 is 23.2 Å². The summed E-state index contributed by atoms with van der Waals surface area (Å²) < 4.78 is 5.75. The molecule has 32 heavy (non-hydrogen) atoms. The van der Waals surface area contributed by atoms with E-state index in [1.54, 1.807) is 19.3 Å². The van der Waals surface area contributed by atoms with Crippen LogP contribution < -0.4 is 20.3 Å². The van der Waals surface area contributed by atoms with Crippen LogP contribution in [-0.2, 0) is 10.3 Å². The molecule has 9 heteroatoms. The van der Waals surface area contributed by atoms with Gasteiger partial charge in [-0.15, -0.1) is 0 Å². The fourth-order valence-corrected chi connectivity index (χ4v) is 4.69. The Hall–Kier alpha value is -3.20. The molecule has 2 aromatic rings. The first-order valence-corrected chi connectivity index (χ1v) is 11.2. The summed E-state index contributed by atoms with van der Waals surface area (Å²) in [5, 5.41) is 5.55. The molecule has 0 unspecified atom stereocenters. The molecule has 2 aliphatic heterocycles. The molecule has 2 N–H and O–H groups in total. The van der Waals surface area contributed by atoms with Crippen LogP contribution in [0.15, 0.2) is 30.6 Å². The molecule has 4 heterocycles. The number of hydrogen-bond acceptors (Lipinski definition) is 7. The predicted molar refractivity (Wildman–Crippen MR) is 120 cm³/mol. The summed E-state index contributed by atoms with van der Waals surface area (Å²) in [5.74, 6) is 0.226. The van der Waals surface area contributed by atoms with Gasteiger partial charge in [-0.1, -0.05) is 6.92 Å². The van der Waals surface area contributed by atoms with Crippen molar-refractivity contribution in [1.29, 1.82) is 0 Å². The number of amides is 2. The molecule has 1 aliphatic carbocycles. The Balaban J connectivity index is 1.27. The highest BCUT2D eigenvalue weighted by Gasteiger charge is 2.50. The van der Waals surface area contributed by atoms with Crippen LogP contribution in [-0.4, -0.2) is 66.0 Å². The van der Waals surface area contributed by atoms with Gasteiger partial charge in [0.25, 0.3) is 11.8 Å². The number of anilines is 2. The summed E-state index contributed by atoms with van der Waals surface area (Å²) in [5.41, 5.74) is 3.25. The lowest BCUT2D eigenvalue weighted by molar-refractivity contribution is -0.123. The monoisotopic (exact) mass is 436 g/mol. The largest absolute Gasteiger partial charge is 0.463 e. The van der Waals surface area contributed by atoms with Crippen molar-refractivity contribution in [3.63, 3.8) is 0 Å². The first-order chi connectivity index (χ1) is 15.5. The quantitative estimate of drug-likeness (QED) is 0.737. The van der Waals surface area contributed by atoms with Crippen LogP contribution in [0.25, 0.3) is 0 Å². The van der Waals surface area contributed by atoms with Gasteiger partial charge in [-0.05, 0) is 43.0 Å². The number of rotatable bonds is 5. The number of fused-ring (bicyclic) bond motifs is 1. The SMILES string of the molecule is CC[C@H]1Oc2ncc(C3(N4CCN(c5ccc(C(=O)NC)nc5)CC4)CC3)cc2NC1=O. The summed E-state index contributed by atoms with van der Waals surface area (Å²) in [6.45, 7) is 5.55. The molecular weight excluding hydrogens is 408 g/mol. The number of nitrogens with zero attached hydrogens (tertiary/aromatic N) is 4. The molecule has 168 valence electrons. The van der Waals surface area contributed by atoms with E-state index in [9.17, 15) is 9.59 Å². The van der Waals surface area contributed by atoms with Gasteiger partial charge in [0.15, 0.2) is 6.10 Å². The summed E-state index contributed by atoms with van der Waals surface area (Å²) in [6, 6.07) is 5.76. The zero-order chi connectivity index (χ0) is 22.3. The Kier molecular flexibility index (Phi) is 5.21. The highest BCUT2D eigenvalue weighted by atomic mass is 16.5. The smallest absolute Gasteiger partial charge is 0.269 e. The molecule has 1 atom stereocenters. The van der Waals surface area contributed by atoms with E-state index in [4.69, 9.17) is 4.74 Å². The molecule has 1 saturated heterocycles. The number of carbonyl (C=O) groups excluding carboxylic acids is 2. The number of hydrogen-bond donors (Lipinski definition) is 2. The second-order valence-electron chi connectivity index (χ2n) is 8.57. The Bertz CT molecular complexity index is 1030. The first kappa shape index (κ1) is 20.7. The Morgan fingerprint density at radius 1 is 1.22 bits per heavy atom. The fourth-order valence-electron chi connectivity index (χ4n) is 4.69. The molecule has 2 aromatic heterocycles. The molecule has 3 aliphatic rings. The summed E-state index contributed by atoms with van der Waals surface area (Å²) in [6.07, 6.45) is 6.00. The molecule has 0 radical (unpaired) electrons.